The summed E-state index contributed by atoms with van der Waals surface area (Å²) in [6.07, 6.45) is 0.728. The lowest BCUT2D eigenvalue weighted by atomic mass is 9.87. The summed E-state index contributed by atoms with van der Waals surface area (Å²) in [5, 5.41) is 23.8. The number of phenolic OH excluding ortho intramolecular Hbond substituents is 1. The molecule has 10 heteroatoms. The quantitative estimate of drug-likeness (QED) is 0.343. The van der Waals surface area contributed by atoms with E-state index in [0.717, 1.165) is 6.20 Å². The molecule has 1 amide bonds. The number of rotatable bonds is 9. The average Bonchev–Trinajstić information content (AvgIpc) is 2.83. The van der Waals surface area contributed by atoms with Crippen LogP contribution in [0.2, 0.25) is 0 Å². The Morgan fingerprint density at radius 1 is 1.14 bits per heavy atom. The highest BCUT2D eigenvalue weighted by Crippen LogP contribution is 2.37. The van der Waals surface area contributed by atoms with Gasteiger partial charge in [0.15, 0.2) is 11.5 Å². The van der Waals surface area contributed by atoms with E-state index in [1.165, 1.54) is 49.6 Å². The molecular formula is C25H25FN2O7. The summed E-state index contributed by atoms with van der Waals surface area (Å²) in [6.45, 7) is 1.75. The molecule has 35 heavy (non-hydrogen) atoms. The van der Waals surface area contributed by atoms with Crippen molar-refractivity contribution in [2.75, 3.05) is 13.7 Å². The van der Waals surface area contributed by atoms with E-state index in [4.69, 9.17) is 9.47 Å². The monoisotopic (exact) mass is 484 g/mol. The summed E-state index contributed by atoms with van der Waals surface area (Å²) < 4.78 is 23.1. The standard InChI is InChI=1S/C25H25FN2O7/c1-3-35-25(33)18-13-28-24(32)22(23(18)31)17(15-6-9-20(34-2)19(29)10-15)11-21(30)27-12-14-4-7-16(26)8-5-14/h4-10,13,17,29H,3,11-12H2,1-2H3,(H,27,30)(H2,28,31,32)/t17-/m0/s1. The summed E-state index contributed by atoms with van der Waals surface area (Å²) >= 11 is 0. The fraction of sp³-hybridized carbons (Fsp3) is 0.240. The number of nitrogens with one attached hydrogen (secondary N) is 2. The fourth-order valence-electron chi connectivity index (χ4n) is 3.59. The number of pyridine rings is 1. The Balaban J connectivity index is 1.99. The fourth-order valence-corrected chi connectivity index (χ4v) is 3.59. The number of H-pyrrole nitrogens is 1. The van der Waals surface area contributed by atoms with Crippen LogP contribution in [0, 0.1) is 5.82 Å². The first-order chi connectivity index (χ1) is 16.7. The van der Waals surface area contributed by atoms with Gasteiger partial charge in [0, 0.05) is 25.1 Å². The molecule has 1 atom stereocenters. The highest BCUT2D eigenvalue weighted by Gasteiger charge is 2.28. The van der Waals surface area contributed by atoms with E-state index in [1.54, 1.807) is 6.92 Å². The van der Waals surface area contributed by atoms with Gasteiger partial charge in [0.2, 0.25) is 5.91 Å². The third-order valence-corrected chi connectivity index (χ3v) is 5.34. The minimum Gasteiger partial charge on any atom is -0.506 e. The molecule has 184 valence electrons. The second kappa shape index (κ2) is 11.2. The second-order valence-electron chi connectivity index (χ2n) is 7.61. The largest absolute Gasteiger partial charge is 0.506 e. The van der Waals surface area contributed by atoms with E-state index in [-0.39, 0.29) is 42.2 Å². The lowest BCUT2D eigenvalue weighted by molar-refractivity contribution is -0.121. The summed E-state index contributed by atoms with van der Waals surface area (Å²) in [6, 6.07) is 9.88. The number of ether oxygens (including phenoxy) is 2. The molecule has 2 aromatic carbocycles. The first-order valence-corrected chi connectivity index (χ1v) is 10.7. The molecule has 0 aliphatic carbocycles. The minimum atomic E-state index is -1.04. The van der Waals surface area contributed by atoms with Crippen LogP contribution in [-0.4, -0.2) is 40.8 Å². The molecule has 0 unspecified atom stereocenters. The van der Waals surface area contributed by atoms with Crippen molar-refractivity contribution >= 4 is 11.9 Å². The van der Waals surface area contributed by atoms with Gasteiger partial charge in [0.25, 0.3) is 5.56 Å². The zero-order chi connectivity index (χ0) is 25.5. The normalized spacial score (nSPS) is 11.5. The topological polar surface area (TPSA) is 138 Å². The molecule has 0 aliphatic rings. The summed E-state index contributed by atoms with van der Waals surface area (Å²) in [7, 11) is 1.37. The Morgan fingerprint density at radius 2 is 1.86 bits per heavy atom. The number of aromatic amines is 1. The van der Waals surface area contributed by atoms with Gasteiger partial charge in [-0.25, -0.2) is 9.18 Å². The highest BCUT2D eigenvalue weighted by atomic mass is 19.1. The number of aromatic nitrogens is 1. The van der Waals surface area contributed by atoms with Gasteiger partial charge in [-0.15, -0.1) is 0 Å². The van der Waals surface area contributed by atoms with Gasteiger partial charge in [0.05, 0.1) is 19.3 Å². The van der Waals surface area contributed by atoms with Crippen molar-refractivity contribution in [1.82, 2.24) is 10.3 Å². The van der Waals surface area contributed by atoms with Gasteiger partial charge in [-0.05, 0) is 42.3 Å². The molecule has 3 aromatic rings. The molecule has 0 spiro atoms. The molecule has 1 aromatic heterocycles. The first-order valence-electron chi connectivity index (χ1n) is 10.7. The third-order valence-electron chi connectivity index (χ3n) is 5.34. The number of halogens is 1. The number of esters is 1. The van der Waals surface area contributed by atoms with Gasteiger partial charge >= 0.3 is 5.97 Å². The maximum Gasteiger partial charge on any atom is 0.343 e. The van der Waals surface area contributed by atoms with Gasteiger partial charge in [-0.1, -0.05) is 18.2 Å². The van der Waals surface area contributed by atoms with Gasteiger partial charge in [-0.2, -0.15) is 0 Å². The maximum atomic E-state index is 13.1. The van der Waals surface area contributed by atoms with Gasteiger partial charge in [-0.3, -0.25) is 9.59 Å². The number of methoxy groups -OCH3 is 1. The summed E-state index contributed by atoms with van der Waals surface area (Å²) in [4.78, 5) is 40.3. The van der Waals surface area contributed by atoms with Crippen LogP contribution in [0.25, 0.3) is 0 Å². The van der Waals surface area contributed by atoms with E-state index >= 15 is 0 Å². The zero-order valence-electron chi connectivity index (χ0n) is 19.1. The molecule has 0 aliphatic heterocycles. The Bertz CT molecular complexity index is 1270. The zero-order valence-corrected chi connectivity index (χ0v) is 19.1. The van der Waals surface area contributed by atoms with Crippen molar-refractivity contribution in [2.45, 2.75) is 25.8 Å². The maximum absolute atomic E-state index is 13.1. The van der Waals surface area contributed by atoms with Crippen molar-refractivity contribution in [3.8, 4) is 17.2 Å². The molecule has 3 rings (SSSR count). The molecule has 0 saturated carbocycles. The number of aromatic hydroxyl groups is 2. The van der Waals surface area contributed by atoms with E-state index in [1.807, 2.05) is 0 Å². The van der Waals surface area contributed by atoms with E-state index in [0.29, 0.717) is 11.1 Å². The predicted octanol–water partition coefficient (Wildman–Crippen LogP) is 2.95. The van der Waals surface area contributed by atoms with Gasteiger partial charge in [0.1, 0.15) is 17.1 Å². The molecular weight excluding hydrogens is 459 g/mol. The molecule has 0 saturated heterocycles. The molecule has 4 N–H and O–H groups in total. The van der Waals surface area contributed by atoms with Crippen molar-refractivity contribution < 1.29 is 33.7 Å². The minimum absolute atomic E-state index is 0.0499. The number of phenols is 1. The Kier molecular flexibility index (Phi) is 8.08. The average molecular weight is 484 g/mol. The second-order valence-corrected chi connectivity index (χ2v) is 7.61. The lowest BCUT2D eigenvalue weighted by Gasteiger charge is -2.20. The van der Waals surface area contributed by atoms with E-state index in [9.17, 15) is 29.0 Å². The summed E-state index contributed by atoms with van der Waals surface area (Å²) in [5.74, 6) is -3.48. The third kappa shape index (κ3) is 5.97. The van der Waals surface area contributed by atoms with Crippen molar-refractivity contribution in [3.05, 3.63) is 87.1 Å². The van der Waals surface area contributed by atoms with Crippen LogP contribution in [-0.2, 0) is 16.1 Å². The van der Waals surface area contributed by atoms with Crippen LogP contribution in [0.1, 0.15) is 46.3 Å². The molecule has 0 fully saturated rings. The van der Waals surface area contributed by atoms with E-state index < -0.39 is 34.9 Å². The van der Waals surface area contributed by atoms with Crippen LogP contribution in [0.3, 0.4) is 0 Å². The smallest absolute Gasteiger partial charge is 0.343 e. The number of carbonyl (C=O) groups is 2. The number of carbonyl (C=O) groups excluding carboxylic acids is 2. The van der Waals surface area contributed by atoms with Crippen molar-refractivity contribution in [3.63, 3.8) is 0 Å². The number of amides is 1. The predicted molar refractivity (Wildman–Crippen MR) is 124 cm³/mol. The first kappa shape index (κ1) is 25.3. The van der Waals surface area contributed by atoms with Crippen LogP contribution in [0.4, 0.5) is 4.39 Å². The van der Waals surface area contributed by atoms with Crippen LogP contribution in [0.15, 0.2) is 53.5 Å². The van der Waals surface area contributed by atoms with Gasteiger partial charge < -0.3 is 30.0 Å². The Morgan fingerprint density at radius 3 is 2.49 bits per heavy atom. The summed E-state index contributed by atoms with van der Waals surface area (Å²) in [5.41, 5.74) is -0.249. The molecule has 1 heterocycles. The number of benzene rings is 2. The van der Waals surface area contributed by atoms with Crippen molar-refractivity contribution in [2.24, 2.45) is 0 Å². The Hall–Kier alpha value is -4.34. The Labute approximate surface area is 200 Å². The van der Waals surface area contributed by atoms with Crippen LogP contribution >= 0.6 is 0 Å². The van der Waals surface area contributed by atoms with Crippen LogP contribution < -0.4 is 15.6 Å². The molecule has 9 nitrogen and oxygen atoms in total. The molecule has 0 radical (unpaired) electrons. The van der Waals surface area contributed by atoms with Crippen molar-refractivity contribution in [1.29, 1.82) is 0 Å². The SMILES string of the molecule is CCOC(=O)c1c[nH]c(=O)c([C@@H](CC(=O)NCc2ccc(F)cc2)c2ccc(OC)c(O)c2)c1O. The van der Waals surface area contributed by atoms with Crippen LogP contribution in [0.5, 0.6) is 17.2 Å². The highest BCUT2D eigenvalue weighted by molar-refractivity contribution is 5.92. The van der Waals surface area contributed by atoms with E-state index in [2.05, 4.69) is 10.3 Å². The number of hydrogen-bond acceptors (Lipinski definition) is 7. The molecule has 0 bridgehead atoms. The lowest BCUT2D eigenvalue weighted by Crippen LogP contribution is -2.27. The number of hydrogen-bond donors (Lipinski definition) is 4.